The van der Waals surface area contributed by atoms with Crippen molar-refractivity contribution in [3.63, 3.8) is 0 Å². The van der Waals surface area contributed by atoms with E-state index in [9.17, 15) is 18.8 Å². The van der Waals surface area contributed by atoms with Crippen LogP contribution in [0.1, 0.15) is 79.8 Å². The van der Waals surface area contributed by atoms with Crippen LogP contribution >= 0.6 is 0 Å². The molecular weight excluding hydrogens is 459 g/mol. The van der Waals surface area contributed by atoms with E-state index in [2.05, 4.69) is 5.32 Å². The van der Waals surface area contributed by atoms with Crippen molar-refractivity contribution < 1.29 is 23.5 Å². The number of carbonyl (C=O) groups is 3. The van der Waals surface area contributed by atoms with Crippen LogP contribution in [-0.2, 0) is 20.9 Å². The van der Waals surface area contributed by atoms with E-state index in [-0.39, 0.29) is 37.4 Å². The molecule has 2 aromatic carbocycles. The van der Waals surface area contributed by atoms with Crippen molar-refractivity contribution in [3.05, 3.63) is 82.3 Å². The van der Waals surface area contributed by atoms with Gasteiger partial charge in [-0.05, 0) is 62.1 Å². The SMILES string of the molecule is CCOC(=O)C1=C(C)N(Cc2cccc(C(=O)NC3CCCCC3)c2)C(=O)CC1c1cccc(F)c1. The zero-order chi connectivity index (χ0) is 25.7. The number of allylic oxidation sites excluding steroid dienone is 1. The largest absolute Gasteiger partial charge is 0.463 e. The standard InChI is InChI=1S/C29H33FN2O4/c1-3-36-29(35)27-19(2)32(26(33)17-25(27)21-10-8-12-23(30)16-21)18-20-9-7-11-22(15-20)28(34)31-24-13-5-4-6-14-24/h7-12,15-16,24-25H,3-6,13-14,17-18H2,1-2H3,(H,31,34). The van der Waals surface area contributed by atoms with Gasteiger partial charge in [-0.2, -0.15) is 0 Å². The van der Waals surface area contributed by atoms with Gasteiger partial charge in [0.05, 0.1) is 18.7 Å². The highest BCUT2D eigenvalue weighted by atomic mass is 19.1. The second kappa shape index (κ2) is 11.5. The first kappa shape index (κ1) is 25.6. The van der Waals surface area contributed by atoms with Gasteiger partial charge in [-0.1, -0.05) is 43.5 Å². The van der Waals surface area contributed by atoms with Crippen molar-refractivity contribution in [1.82, 2.24) is 10.2 Å². The van der Waals surface area contributed by atoms with Crippen molar-refractivity contribution in [3.8, 4) is 0 Å². The van der Waals surface area contributed by atoms with Crippen LogP contribution < -0.4 is 5.32 Å². The summed E-state index contributed by atoms with van der Waals surface area (Å²) in [5, 5.41) is 3.13. The summed E-state index contributed by atoms with van der Waals surface area (Å²) in [4.78, 5) is 40.6. The minimum atomic E-state index is -0.587. The average molecular weight is 493 g/mol. The molecule has 1 unspecified atom stereocenters. The molecule has 0 saturated heterocycles. The van der Waals surface area contributed by atoms with E-state index in [1.165, 1.54) is 18.6 Å². The first-order chi connectivity index (χ1) is 17.4. The van der Waals surface area contributed by atoms with Gasteiger partial charge in [0.2, 0.25) is 5.91 Å². The molecule has 36 heavy (non-hydrogen) atoms. The number of carbonyl (C=O) groups excluding carboxylic acids is 3. The highest BCUT2D eigenvalue weighted by molar-refractivity contribution is 5.96. The first-order valence-electron chi connectivity index (χ1n) is 12.7. The number of nitrogens with zero attached hydrogens (tertiary/aromatic N) is 1. The smallest absolute Gasteiger partial charge is 0.336 e. The zero-order valence-electron chi connectivity index (χ0n) is 20.9. The van der Waals surface area contributed by atoms with Gasteiger partial charge in [0.15, 0.2) is 0 Å². The number of hydrogen-bond donors (Lipinski definition) is 1. The minimum absolute atomic E-state index is 0.0246. The van der Waals surface area contributed by atoms with Gasteiger partial charge in [0, 0.05) is 29.6 Å². The zero-order valence-corrected chi connectivity index (χ0v) is 20.9. The quantitative estimate of drug-likeness (QED) is 0.537. The van der Waals surface area contributed by atoms with Gasteiger partial charge < -0.3 is 15.0 Å². The van der Waals surface area contributed by atoms with E-state index in [1.807, 2.05) is 6.07 Å². The Morgan fingerprint density at radius 3 is 2.56 bits per heavy atom. The number of halogens is 1. The minimum Gasteiger partial charge on any atom is -0.463 e. The molecule has 7 heteroatoms. The van der Waals surface area contributed by atoms with Crippen molar-refractivity contribution in [2.75, 3.05) is 6.61 Å². The Kier molecular flexibility index (Phi) is 8.18. The van der Waals surface area contributed by atoms with Gasteiger partial charge in [-0.3, -0.25) is 9.59 Å². The first-order valence-corrected chi connectivity index (χ1v) is 12.7. The maximum atomic E-state index is 13.9. The van der Waals surface area contributed by atoms with Crippen LogP contribution in [0.5, 0.6) is 0 Å². The Balaban J connectivity index is 1.59. The topological polar surface area (TPSA) is 75.7 Å². The second-order valence-corrected chi connectivity index (χ2v) is 9.52. The molecule has 1 aliphatic carbocycles. The van der Waals surface area contributed by atoms with E-state index < -0.39 is 17.7 Å². The summed E-state index contributed by atoms with van der Waals surface area (Å²) in [7, 11) is 0. The van der Waals surface area contributed by atoms with Gasteiger partial charge in [-0.25, -0.2) is 9.18 Å². The third-order valence-electron chi connectivity index (χ3n) is 7.04. The molecule has 0 aromatic heterocycles. The molecule has 0 spiro atoms. The van der Waals surface area contributed by atoms with Crippen molar-refractivity contribution >= 4 is 17.8 Å². The van der Waals surface area contributed by atoms with E-state index in [0.29, 0.717) is 22.4 Å². The maximum Gasteiger partial charge on any atom is 0.336 e. The lowest BCUT2D eigenvalue weighted by Crippen LogP contribution is -2.38. The van der Waals surface area contributed by atoms with Gasteiger partial charge in [0.25, 0.3) is 5.91 Å². The number of amides is 2. The molecule has 2 aromatic rings. The highest BCUT2D eigenvalue weighted by Crippen LogP contribution is 2.38. The fourth-order valence-electron chi connectivity index (χ4n) is 5.19. The van der Waals surface area contributed by atoms with Gasteiger partial charge in [0.1, 0.15) is 5.82 Å². The average Bonchev–Trinajstić information content (AvgIpc) is 2.87. The Labute approximate surface area is 211 Å². The fraction of sp³-hybridized carbons (Fsp3) is 0.414. The van der Waals surface area contributed by atoms with Gasteiger partial charge in [-0.15, -0.1) is 0 Å². The molecular formula is C29H33FN2O4. The van der Waals surface area contributed by atoms with Crippen LogP contribution in [0.4, 0.5) is 4.39 Å². The molecule has 1 saturated carbocycles. The molecule has 1 fully saturated rings. The molecule has 190 valence electrons. The fourth-order valence-corrected chi connectivity index (χ4v) is 5.19. The van der Waals surface area contributed by atoms with Gasteiger partial charge >= 0.3 is 5.97 Å². The molecule has 2 aliphatic rings. The molecule has 1 aliphatic heterocycles. The Bertz CT molecular complexity index is 1170. The van der Waals surface area contributed by atoms with Crippen LogP contribution in [0.25, 0.3) is 0 Å². The number of rotatable bonds is 7. The Morgan fingerprint density at radius 1 is 1.08 bits per heavy atom. The number of ether oxygens (including phenoxy) is 1. The summed E-state index contributed by atoms with van der Waals surface area (Å²) in [6.07, 6.45) is 5.51. The molecule has 4 rings (SSSR count). The van der Waals surface area contributed by atoms with Crippen molar-refractivity contribution in [1.29, 1.82) is 0 Å². The summed E-state index contributed by atoms with van der Waals surface area (Å²) < 4.78 is 19.3. The van der Waals surface area contributed by atoms with Crippen molar-refractivity contribution in [2.24, 2.45) is 0 Å². The lowest BCUT2D eigenvalue weighted by Gasteiger charge is -2.34. The van der Waals surface area contributed by atoms with Crippen LogP contribution in [0.2, 0.25) is 0 Å². The molecule has 0 bridgehead atoms. The van der Waals surface area contributed by atoms with E-state index in [0.717, 1.165) is 31.2 Å². The molecule has 6 nitrogen and oxygen atoms in total. The van der Waals surface area contributed by atoms with Crippen LogP contribution in [-0.4, -0.2) is 35.3 Å². The van der Waals surface area contributed by atoms with Crippen molar-refractivity contribution in [2.45, 2.75) is 70.9 Å². The molecule has 1 atom stereocenters. The Hall–Kier alpha value is -3.48. The van der Waals surface area contributed by atoms with Crippen LogP contribution in [0, 0.1) is 5.82 Å². The number of hydrogen-bond acceptors (Lipinski definition) is 4. The third-order valence-corrected chi connectivity index (χ3v) is 7.04. The highest BCUT2D eigenvalue weighted by Gasteiger charge is 2.37. The Morgan fingerprint density at radius 2 is 1.83 bits per heavy atom. The summed E-state index contributed by atoms with van der Waals surface area (Å²) in [5.41, 5.74) is 2.73. The lowest BCUT2D eigenvalue weighted by atomic mass is 9.83. The third kappa shape index (κ3) is 5.83. The van der Waals surface area contributed by atoms with Crippen LogP contribution in [0.15, 0.2) is 59.8 Å². The second-order valence-electron chi connectivity index (χ2n) is 9.52. The van der Waals surface area contributed by atoms with E-state index >= 15 is 0 Å². The molecule has 0 radical (unpaired) electrons. The van der Waals surface area contributed by atoms with Crippen LogP contribution in [0.3, 0.4) is 0 Å². The molecule has 1 N–H and O–H groups in total. The van der Waals surface area contributed by atoms with E-state index in [1.54, 1.807) is 49.1 Å². The van der Waals surface area contributed by atoms with E-state index in [4.69, 9.17) is 4.74 Å². The number of esters is 1. The summed E-state index contributed by atoms with van der Waals surface area (Å²) >= 11 is 0. The predicted molar refractivity (Wildman–Crippen MR) is 134 cm³/mol. The predicted octanol–water partition coefficient (Wildman–Crippen LogP) is 5.24. The number of nitrogens with one attached hydrogen (secondary N) is 1. The molecule has 1 heterocycles. The summed E-state index contributed by atoms with van der Waals surface area (Å²) in [5.74, 6) is -1.81. The lowest BCUT2D eigenvalue weighted by molar-refractivity contribution is -0.140. The summed E-state index contributed by atoms with van der Waals surface area (Å²) in [6.45, 7) is 3.85. The number of benzene rings is 2. The monoisotopic (exact) mass is 492 g/mol. The summed E-state index contributed by atoms with van der Waals surface area (Å²) in [6, 6.07) is 13.4. The molecule has 2 amide bonds. The maximum absolute atomic E-state index is 13.9. The normalized spacial score (nSPS) is 18.8.